The normalized spacial score (nSPS) is 10.7. The number of hydrogen-bond donors (Lipinski definition) is 3. The topological polar surface area (TPSA) is 105 Å². The van der Waals surface area contributed by atoms with Crippen LogP contribution in [-0.4, -0.2) is 31.8 Å². The molecule has 0 aliphatic heterocycles. The van der Waals surface area contributed by atoms with Gasteiger partial charge in [-0.25, -0.2) is 0 Å². The van der Waals surface area contributed by atoms with Crippen molar-refractivity contribution in [2.24, 2.45) is 0 Å². The summed E-state index contributed by atoms with van der Waals surface area (Å²) in [6, 6.07) is 14.2. The Morgan fingerprint density at radius 3 is 2.59 bits per heavy atom. The summed E-state index contributed by atoms with van der Waals surface area (Å²) in [4.78, 5) is 26.0. The lowest BCUT2D eigenvalue weighted by Crippen LogP contribution is -2.17. The summed E-state index contributed by atoms with van der Waals surface area (Å²) < 4.78 is 1.61. The lowest BCUT2D eigenvalue weighted by molar-refractivity contribution is 0.101. The summed E-state index contributed by atoms with van der Waals surface area (Å²) in [5.74, 6) is -0.600. The van der Waals surface area contributed by atoms with Crippen LogP contribution >= 0.6 is 11.3 Å². The molecule has 146 valence electrons. The number of aromatic nitrogens is 4. The van der Waals surface area contributed by atoms with Gasteiger partial charge in [-0.05, 0) is 48.7 Å². The number of anilines is 2. The van der Waals surface area contributed by atoms with Gasteiger partial charge in [0.25, 0.3) is 11.8 Å². The van der Waals surface area contributed by atoms with Crippen molar-refractivity contribution >= 4 is 34.5 Å². The van der Waals surface area contributed by atoms with E-state index in [0.29, 0.717) is 23.6 Å². The zero-order chi connectivity index (χ0) is 20.2. The second-order valence-electron chi connectivity index (χ2n) is 6.17. The van der Waals surface area contributed by atoms with Gasteiger partial charge in [-0.2, -0.15) is 10.2 Å². The summed E-state index contributed by atoms with van der Waals surface area (Å²) in [7, 11) is 0. The van der Waals surface area contributed by atoms with Gasteiger partial charge in [-0.15, -0.1) is 11.3 Å². The number of carbonyl (C=O) groups is 2. The van der Waals surface area contributed by atoms with Crippen LogP contribution in [0.3, 0.4) is 0 Å². The number of aromatic amines is 1. The highest BCUT2D eigenvalue weighted by Crippen LogP contribution is 2.23. The molecule has 0 unspecified atom stereocenters. The average molecular weight is 406 g/mol. The summed E-state index contributed by atoms with van der Waals surface area (Å²) in [6.45, 7) is 2.52. The van der Waals surface area contributed by atoms with Gasteiger partial charge in [0.05, 0.1) is 10.6 Å². The Kier molecular flexibility index (Phi) is 5.21. The Balaban J connectivity index is 1.45. The lowest BCUT2D eigenvalue weighted by Gasteiger charge is -2.09. The summed E-state index contributed by atoms with van der Waals surface area (Å²) in [5, 5.41) is 18.6. The molecule has 3 heterocycles. The van der Waals surface area contributed by atoms with Crippen molar-refractivity contribution < 1.29 is 9.59 Å². The van der Waals surface area contributed by atoms with E-state index in [9.17, 15) is 9.59 Å². The van der Waals surface area contributed by atoms with Crippen molar-refractivity contribution in [3.63, 3.8) is 0 Å². The SMILES string of the molecule is CCn1nccc1C(=O)Nc1cccc(NC(=O)c2cc(-c3cccs3)[nH]n2)c1. The van der Waals surface area contributed by atoms with E-state index in [4.69, 9.17) is 0 Å². The largest absolute Gasteiger partial charge is 0.321 e. The number of thiophene rings is 1. The van der Waals surface area contributed by atoms with Crippen molar-refractivity contribution in [2.45, 2.75) is 13.5 Å². The Morgan fingerprint density at radius 2 is 1.86 bits per heavy atom. The number of amides is 2. The van der Waals surface area contributed by atoms with Crippen LogP contribution < -0.4 is 10.6 Å². The standard InChI is InChI=1S/C20H18N6O2S/c1-2-26-17(8-9-21-26)20(28)23-14-6-3-5-13(11-14)22-19(27)16-12-15(24-25-16)18-7-4-10-29-18/h3-12H,2H2,1H3,(H,22,27)(H,23,28)(H,24,25). The predicted octanol–water partition coefficient (Wildman–Crippen LogP) is 3.86. The van der Waals surface area contributed by atoms with Gasteiger partial charge in [0.2, 0.25) is 0 Å². The van der Waals surface area contributed by atoms with Gasteiger partial charge in [0.15, 0.2) is 5.69 Å². The second-order valence-corrected chi connectivity index (χ2v) is 7.11. The van der Waals surface area contributed by atoms with Crippen LogP contribution in [0.1, 0.15) is 27.9 Å². The lowest BCUT2D eigenvalue weighted by atomic mass is 10.2. The molecule has 4 rings (SSSR count). The minimum absolute atomic E-state index is 0.263. The van der Waals surface area contributed by atoms with E-state index in [-0.39, 0.29) is 17.5 Å². The quantitative estimate of drug-likeness (QED) is 0.452. The summed E-state index contributed by atoms with van der Waals surface area (Å²) in [5.41, 5.74) is 2.67. The number of nitrogens with zero attached hydrogens (tertiary/aromatic N) is 3. The van der Waals surface area contributed by atoms with Gasteiger partial charge in [0.1, 0.15) is 5.69 Å². The molecule has 0 saturated carbocycles. The molecule has 29 heavy (non-hydrogen) atoms. The van der Waals surface area contributed by atoms with E-state index >= 15 is 0 Å². The fourth-order valence-corrected chi connectivity index (χ4v) is 3.53. The highest BCUT2D eigenvalue weighted by Gasteiger charge is 2.14. The fourth-order valence-electron chi connectivity index (χ4n) is 2.84. The molecule has 0 spiro atoms. The highest BCUT2D eigenvalue weighted by molar-refractivity contribution is 7.13. The smallest absolute Gasteiger partial charge is 0.276 e. The predicted molar refractivity (Wildman–Crippen MR) is 112 cm³/mol. The number of hydrogen-bond acceptors (Lipinski definition) is 5. The molecule has 2 amide bonds. The third-order valence-electron chi connectivity index (χ3n) is 4.22. The van der Waals surface area contributed by atoms with Crippen molar-refractivity contribution in [1.82, 2.24) is 20.0 Å². The van der Waals surface area contributed by atoms with Crippen LogP contribution in [-0.2, 0) is 6.54 Å². The number of H-pyrrole nitrogens is 1. The number of aryl methyl sites for hydroxylation is 1. The monoisotopic (exact) mass is 406 g/mol. The zero-order valence-electron chi connectivity index (χ0n) is 15.5. The molecule has 8 nitrogen and oxygen atoms in total. The van der Waals surface area contributed by atoms with Crippen LogP contribution in [0.25, 0.3) is 10.6 Å². The molecule has 0 atom stereocenters. The molecule has 0 fully saturated rings. The van der Waals surface area contributed by atoms with Crippen LogP contribution in [0.5, 0.6) is 0 Å². The fraction of sp³-hybridized carbons (Fsp3) is 0.100. The van der Waals surface area contributed by atoms with Crippen LogP contribution in [0.15, 0.2) is 60.1 Å². The Labute approximate surface area is 170 Å². The first-order chi connectivity index (χ1) is 14.1. The van der Waals surface area contributed by atoms with Crippen molar-refractivity contribution in [1.29, 1.82) is 0 Å². The highest BCUT2D eigenvalue weighted by atomic mass is 32.1. The zero-order valence-corrected chi connectivity index (χ0v) is 16.4. The molecule has 9 heteroatoms. The maximum Gasteiger partial charge on any atom is 0.276 e. The van der Waals surface area contributed by atoms with Gasteiger partial charge in [-0.1, -0.05) is 12.1 Å². The van der Waals surface area contributed by atoms with Gasteiger partial charge in [-0.3, -0.25) is 19.4 Å². The number of rotatable bonds is 6. The number of nitrogens with one attached hydrogen (secondary N) is 3. The van der Waals surface area contributed by atoms with Crippen LogP contribution in [0.4, 0.5) is 11.4 Å². The van der Waals surface area contributed by atoms with Gasteiger partial charge in [0, 0.05) is 24.1 Å². The molecule has 0 aliphatic carbocycles. The Hall–Kier alpha value is -3.72. The van der Waals surface area contributed by atoms with E-state index in [0.717, 1.165) is 10.6 Å². The van der Waals surface area contributed by atoms with Gasteiger partial charge < -0.3 is 10.6 Å². The molecule has 3 aromatic heterocycles. The van der Waals surface area contributed by atoms with E-state index in [1.165, 1.54) is 0 Å². The molecule has 0 bridgehead atoms. The van der Waals surface area contributed by atoms with Crippen molar-refractivity contribution in [3.05, 3.63) is 71.5 Å². The minimum Gasteiger partial charge on any atom is -0.321 e. The molecule has 0 aliphatic rings. The number of carbonyl (C=O) groups excluding carboxylic acids is 2. The van der Waals surface area contributed by atoms with Crippen LogP contribution in [0.2, 0.25) is 0 Å². The first-order valence-corrected chi connectivity index (χ1v) is 9.86. The minimum atomic E-state index is -0.336. The first-order valence-electron chi connectivity index (χ1n) is 8.98. The van der Waals surface area contributed by atoms with E-state index < -0.39 is 0 Å². The Bertz CT molecular complexity index is 1150. The molecule has 4 aromatic rings. The Morgan fingerprint density at radius 1 is 1.07 bits per heavy atom. The average Bonchev–Trinajstić information content (AvgIpc) is 3.49. The maximum absolute atomic E-state index is 12.5. The van der Waals surface area contributed by atoms with E-state index in [1.807, 2.05) is 24.4 Å². The van der Waals surface area contributed by atoms with Crippen LogP contribution in [0, 0.1) is 0 Å². The summed E-state index contributed by atoms with van der Waals surface area (Å²) >= 11 is 1.56. The summed E-state index contributed by atoms with van der Waals surface area (Å²) in [6.07, 6.45) is 1.59. The van der Waals surface area contributed by atoms with Crippen molar-refractivity contribution in [3.8, 4) is 10.6 Å². The molecular weight excluding hydrogens is 388 g/mol. The van der Waals surface area contributed by atoms with Crippen molar-refractivity contribution in [2.75, 3.05) is 10.6 Å². The molecule has 3 N–H and O–H groups in total. The molecular formula is C20H18N6O2S. The first kappa shape index (κ1) is 18.6. The second kappa shape index (κ2) is 8.11. The third kappa shape index (κ3) is 4.09. The van der Waals surface area contributed by atoms with E-state index in [2.05, 4.69) is 25.9 Å². The third-order valence-corrected chi connectivity index (χ3v) is 5.13. The van der Waals surface area contributed by atoms with E-state index in [1.54, 1.807) is 58.6 Å². The maximum atomic E-state index is 12.5. The number of benzene rings is 1. The van der Waals surface area contributed by atoms with Gasteiger partial charge >= 0.3 is 0 Å². The molecule has 0 saturated heterocycles. The molecule has 1 aromatic carbocycles. The molecule has 0 radical (unpaired) electrons.